The van der Waals surface area contributed by atoms with Crippen LogP contribution in [0.1, 0.15) is 125 Å². The Morgan fingerprint density at radius 3 is 2.65 bits per heavy atom. The first-order chi connectivity index (χ1) is 25.9. The lowest BCUT2D eigenvalue weighted by Crippen LogP contribution is -2.57. The van der Waals surface area contributed by atoms with E-state index in [-0.39, 0.29) is 62.7 Å². The Bertz CT molecular complexity index is 1760. The number of ether oxygens (including phenoxy) is 1. The van der Waals surface area contributed by atoms with Gasteiger partial charge in [-0.15, -0.1) is 0 Å². The van der Waals surface area contributed by atoms with Gasteiger partial charge in [-0.05, 0) is 116 Å². The number of carbonyl (C=O) groups excluding carboxylic acids is 2. The molecule has 2 amide bonds. The van der Waals surface area contributed by atoms with Crippen LogP contribution in [0.15, 0.2) is 42.0 Å². The number of nitrogens with zero attached hydrogens (tertiary/aromatic N) is 2. The van der Waals surface area contributed by atoms with Gasteiger partial charge in [0.2, 0.25) is 0 Å². The lowest BCUT2D eigenvalue weighted by Gasteiger charge is -2.49. The van der Waals surface area contributed by atoms with Crippen LogP contribution in [0, 0.1) is 39.9 Å². The van der Waals surface area contributed by atoms with Gasteiger partial charge in [-0.2, -0.15) is 0 Å². The number of amides is 2. The molecule has 0 radical (unpaired) electrons. The summed E-state index contributed by atoms with van der Waals surface area (Å²) in [7, 11) is 0. The van der Waals surface area contributed by atoms with Crippen LogP contribution in [0.4, 0.5) is 0 Å². The highest BCUT2D eigenvalue weighted by Gasteiger charge is 2.92. The molecule has 7 aliphatic rings. The van der Waals surface area contributed by atoms with E-state index in [9.17, 15) is 14.7 Å². The third kappa shape index (κ3) is 6.17. The van der Waals surface area contributed by atoms with Crippen molar-refractivity contribution in [2.45, 2.75) is 154 Å². The molecule has 4 aliphatic carbocycles. The van der Waals surface area contributed by atoms with Crippen LogP contribution in [-0.4, -0.2) is 87.1 Å². The molecule has 0 bridgehead atoms. The largest absolute Gasteiger partial charge is 0.403 e. The quantitative estimate of drug-likeness (QED) is 0.0758. The molecule has 3 spiro atoms. The maximum absolute atomic E-state index is 13.5. The number of aliphatic hydroxyl groups excluding tert-OH is 1. The van der Waals surface area contributed by atoms with Crippen molar-refractivity contribution in [2.24, 2.45) is 39.9 Å². The van der Waals surface area contributed by atoms with Crippen molar-refractivity contribution >= 4 is 30.3 Å². The number of benzene rings is 1. The Morgan fingerprint density at radius 1 is 1.16 bits per heavy atom. The van der Waals surface area contributed by atoms with E-state index in [4.69, 9.17) is 4.74 Å². The van der Waals surface area contributed by atoms with Crippen molar-refractivity contribution < 1.29 is 23.4 Å². The Hall–Kier alpha value is -2.04. The zero-order chi connectivity index (χ0) is 39.3. The van der Waals surface area contributed by atoms with E-state index < -0.39 is 0 Å². The van der Waals surface area contributed by atoms with Crippen LogP contribution < -0.4 is 10.6 Å². The Morgan fingerprint density at radius 2 is 1.91 bits per heavy atom. The second-order valence-corrected chi connectivity index (χ2v) is 21.3. The third-order valence-corrected chi connectivity index (χ3v) is 17.4. The van der Waals surface area contributed by atoms with Gasteiger partial charge in [0.25, 0.3) is 5.71 Å². The van der Waals surface area contributed by atoms with Crippen LogP contribution in [0.25, 0.3) is 0 Å². The topological polar surface area (TPSA) is 104 Å². The molecule has 3 saturated heterocycles. The summed E-state index contributed by atoms with van der Waals surface area (Å²) in [4.78, 5) is 29.6. The molecule has 1 aromatic rings. The first-order valence-corrected chi connectivity index (χ1v) is 22.1. The molecule has 12 unspecified atom stereocenters. The van der Waals surface area contributed by atoms with Crippen LogP contribution in [0.3, 0.4) is 0 Å². The summed E-state index contributed by atoms with van der Waals surface area (Å²) in [6, 6.07) is 10.6. The molecule has 1 aromatic carbocycles. The van der Waals surface area contributed by atoms with Crippen molar-refractivity contribution in [3.05, 3.63) is 47.5 Å². The fourth-order valence-electron chi connectivity index (χ4n) is 13.8. The number of rotatable bonds is 8. The number of piperidine rings is 2. The number of carbonyl (C=O) groups is 2. The SMILES string of the molecule is CC(C(=O)NCCN1CC(C)CC2OCC3(C)CC34CC3C5(C)CCC(O)CC5=CCC35NC54CCC(C)C21)=[N+](S)C(=O)C(C)CC(C)(C)c1ccccc1. The van der Waals surface area contributed by atoms with Gasteiger partial charge in [-0.3, -0.25) is 9.69 Å². The molecule has 3 aliphatic heterocycles. The fourth-order valence-corrected chi connectivity index (χ4v) is 14.1. The van der Waals surface area contributed by atoms with Gasteiger partial charge in [0.1, 0.15) is 0 Å². The van der Waals surface area contributed by atoms with Crippen molar-refractivity contribution in [3.63, 3.8) is 0 Å². The van der Waals surface area contributed by atoms with Gasteiger partial charge in [-0.1, -0.05) is 87.5 Å². The summed E-state index contributed by atoms with van der Waals surface area (Å²) < 4.78 is 8.41. The molecule has 12 atom stereocenters. The maximum atomic E-state index is 13.5. The average molecular weight is 774 g/mol. The standard InChI is InChI=1S/C46H68N4O4S/c1-29-22-36-38(49(26-29)21-20-47-39(52)32(4)50(55)40(53)31(3)24-41(5,6)33-12-10-9-11-13-33)30(2)14-19-46-44(27-42(44,7)28-54-36)25-37-43(8)17-16-35(51)23-34(43)15-18-45(37,46)48-46/h9-13,15,29-31,35-38,48,51H,14,16-28H2,1-8H3,(H-,47,52,55)/p+1. The summed E-state index contributed by atoms with van der Waals surface area (Å²) in [5.74, 6) is 0.876. The van der Waals surface area contributed by atoms with Gasteiger partial charge >= 0.3 is 11.8 Å². The molecular weight excluding hydrogens is 705 g/mol. The number of nitrogens with one attached hydrogen (secondary N) is 2. The van der Waals surface area contributed by atoms with Crippen molar-refractivity contribution in [2.75, 3.05) is 26.2 Å². The molecule has 6 fully saturated rings. The average Bonchev–Trinajstić information content (AvgIpc) is 3.97. The Balaban J connectivity index is 0.935. The van der Waals surface area contributed by atoms with Crippen molar-refractivity contribution in [1.82, 2.24) is 15.5 Å². The third-order valence-electron chi connectivity index (χ3n) is 16.9. The minimum Gasteiger partial charge on any atom is -0.393 e. The molecule has 3 saturated carbocycles. The van der Waals surface area contributed by atoms with E-state index in [2.05, 4.69) is 88.1 Å². The highest BCUT2D eigenvalue weighted by Crippen LogP contribution is 2.87. The number of aliphatic hydroxyl groups is 1. The normalized spacial score (nSPS) is 43.1. The van der Waals surface area contributed by atoms with E-state index in [1.54, 1.807) is 6.92 Å². The summed E-state index contributed by atoms with van der Waals surface area (Å²) >= 11 is 4.54. The molecule has 9 heteroatoms. The van der Waals surface area contributed by atoms with E-state index in [1.165, 1.54) is 34.4 Å². The highest BCUT2D eigenvalue weighted by molar-refractivity contribution is 7.74. The molecule has 3 N–H and O–H groups in total. The minimum atomic E-state index is -0.300. The number of likely N-dealkylation sites (tertiary alicyclic amines) is 1. The summed E-state index contributed by atoms with van der Waals surface area (Å²) in [5, 5.41) is 18.1. The first kappa shape index (κ1) is 39.8. The number of hydrogen-bond acceptors (Lipinski definition) is 7. The lowest BCUT2D eigenvalue weighted by molar-refractivity contribution is -0.296. The molecule has 3 heterocycles. The zero-order valence-electron chi connectivity index (χ0n) is 34.9. The smallest absolute Gasteiger partial charge is 0.393 e. The van der Waals surface area contributed by atoms with E-state index in [0.29, 0.717) is 42.5 Å². The summed E-state index contributed by atoms with van der Waals surface area (Å²) in [6.07, 6.45) is 13.2. The molecule has 302 valence electrons. The van der Waals surface area contributed by atoms with Crippen LogP contribution in [0.5, 0.6) is 0 Å². The van der Waals surface area contributed by atoms with E-state index in [1.807, 2.05) is 25.1 Å². The fraction of sp³-hybridized carbons (Fsp3) is 0.761. The van der Waals surface area contributed by atoms with Gasteiger partial charge < -0.3 is 20.5 Å². The number of hydrogen-bond donors (Lipinski definition) is 4. The van der Waals surface area contributed by atoms with Gasteiger partial charge in [0.15, 0.2) is 12.8 Å². The molecular formula is C46H69N4O4S+. The Kier molecular flexibility index (Phi) is 9.96. The molecule has 8 rings (SSSR count). The Labute approximate surface area is 336 Å². The molecule has 8 nitrogen and oxygen atoms in total. The summed E-state index contributed by atoms with van der Waals surface area (Å²) in [6.45, 7) is 20.9. The summed E-state index contributed by atoms with van der Waals surface area (Å²) in [5.41, 5.74) is 3.83. The number of fused-ring (bicyclic) bond motifs is 3. The predicted molar refractivity (Wildman–Crippen MR) is 221 cm³/mol. The number of thiol groups is 1. The van der Waals surface area contributed by atoms with Crippen LogP contribution in [-0.2, 0) is 19.7 Å². The van der Waals surface area contributed by atoms with E-state index in [0.717, 1.165) is 58.2 Å². The van der Waals surface area contributed by atoms with E-state index >= 15 is 0 Å². The van der Waals surface area contributed by atoms with Gasteiger partial charge in [0, 0.05) is 43.7 Å². The van der Waals surface area contributed by atoms with Crippen LogP contribution >= 0.6 is 12.8 Å². The van der Waals surface area contributed by atoms with Crippen molar-refractivity contribution in [1.29, 1.82) is 0 Å². The van der Waals surface area contributed by atoms with Gasteiger partial charge in [0.05, 0.1) is 24.7 Å². The molecule has 55 heavy (non-hydrogen) atoms. The monoisotopic (exact) mass is 774 g/mol. The van der Waals surface area contributed by atoms with Gasteiger partial charge in [-0.25, -0.2) is 4.79 Å². The second kappa shape index (κ2) is 13.8. The molecule has 0 aromatic heterocycles. The zero-order valence-corrected chi connectivity index (χ0v) is 35.8. The van der Waals surface area contributed by atoms with Crippen molar-refractivity contribution in [3.8, 4) is 0 Å². The minimum absolute atomic E-state index is 0.162. The highest BCUT2D eigenvalue weighted by atomic mass is 32.1. The maximum Gasteiger partial charge on any atom is 0.403 e. The van der Waals surface area contributed by atoms with Crippen LogP contribution in [0.2, 0.25) is 0 Å². The lowest BCUT2D eigenvalue weighted by atomic mass is 9.56. The first-order valence-electron chi connectivity index (χ1n) is 21.7. The predicted octanol–water partition coefficient (Wildman–Crippen LogP) is 6.86. The second-order valence-electron chi connectivity index (χ2n) is 20.9.